The summed E-state index contributed by atoms with van der Waals surface area (Å²) in [6.07, 6.45) is 0.228. The van der Waals surface area contributed by atoms with Crippen molar-refractivity contribution in [2.75, 3.05) is 16.8 Å². The lowest BCUT2D eigenvalue weighted by atomic mass is 10.2. The SMILES string of the molecule is O=C(Nc1ccc(Oc2ccccc2)cc1)c1cccc(S(=O)(=O)NC2CCS(=O)(=O)C2)c1. The van der Waals surface area contributed by atoms with Crippen LogP contribution in [0.4, 0.5) is 5.69 Å². The van der Waals surface area contributed by atoms with E-state index >= 15 is 0 Å². The van der Waals surface area contributed by atoms with Gasteiger partial charge in [0.05, 0.1) is 16.4 Å². The number of sulfonamides is 1. The number of carbonyl (C=O) groups is 1. The third kappa shape index (κ3) is 5.98. The Morgan fingerprint density at radius 3 is 2.27 bits per heavy atom. The Labute approximate surface area is 192 Å². The first kappa shape index (κ1) is 23.0. The Morgan fingerprint density at radius 2 is 1.61 bits per heavy atom. The lowest BCUT2D eigenvalue weighted by Crippen LogP contribution is -2.35. The van der Waals surface area contributed by atoms with Crippen molar-refractivity contribution in [2.45, 2.75) is 17.4 Å². The van der Waals surface area contributed by atoms with Crippen LogP contribution in [-0.4, -0.2) is 40.3 Å². The van der Waals surface area contributed by atoms with Crippen LogP contribution in [0.25, 0.3) is 0 Å². The Balaban J connectivity index is 1.42. The van der Waals surface area contributed by atoms with Crippen molar-refractivity contribution < 1.29 is 26.4 Å². The molecule has 2 N–H and O–H groups in total. The minimum atomic E-state index is -3.97. The first-order valence-electron chi connectivity index (χ1n) is 10.2. The van der Waals surface area contributed by atoms with Crippen LogP contribution < -0.4 is 14.8 Å². The highest BCUT2D eigenvalue weighted by atomic mass is 32.2. The molecular weight excluding hydrogens is 464 g/mol. The largest absolute Gasteiger partial charge is 0.457 e. The van der Waals surface area contributed by atoms with Gasteiger partial charge in [0.1, 0.15) is 11.5 Å². The molecule has 3 aromatic carbocycles. The number of anilines is 1. The van der Waals surface area contributed by atoms with Crippen molar-refractivity contribution in [3.8, 4) is 11.5 Å². The summed E-state index contributed by atoms with van der Waals surface area (Å²) < 4.78 is 56.7. The molecule has 0 aromatic heterocycles. The number of rotatable bonds is 7. The Morgan fingerprint density at radius 1 is 0.909 bits per heavy atom. The van der Waals surface area contributed by atoms with Crippen molar-refractivity contribution in [3.63, 3.8) is 0 Å². The molecule has 1 fully saturated rings. The second kappa shape index (κ2) is 9.34. The van der Waals surface area contributed by atoms with E-state index in [0.717, 1.165) is 0 Å². The van der Waals surface area contributed by atoms with Crippen LogP contribution in [0.3, 0.4) is 0 Å². The molecule has 0 saturated carbocycles. The van der Waals surface area contributed by atoms with Gasteiger partial charge in [0.25, 0.3) is 5.91 Å². The highest BCUT2D eigenvalue weighted by Crippen LogP contribution is 2.23. The third-order valence-electron chi connectivity index (χ3n) is 5.05. The van der Waals surface area contributed by atoms with Crippen LogP contribution in [0.2, 0.25) is 0 Å². The number of sulfone groups is 1. The van der Waals surface area contributed by atoms with Gasteiger partial charge in [-0.1, -0.05) is 24.3 Å². The average molecular weight is 487 g/mol. The molecule has 1 unspecified atom stereocenters. The smallest absolute Gasteiger partial charge is 0.255 e. The fourth-order valence-corrected chi connectivity index (χ4v) is 6.51. The number of benzene rings is 3. The lowest BCUT2D eigenvalue weighted by Gasteiger charge is -2.12. The summed E-state index contributed by atoms with van der Waals surface area (Å²) in [6, 6.07) is 21.0. The van der Waals surface area contributed by atoms with Crippen molar-refractivity contribution in [1.29, 1.82) is 0 Å². The van der Waals surface area contributed by atoms with Gasteiger partial charge in [-0.25, -0.2) is 21.6 Å². The Bertz CT molecular complexity index is 1360. The third-order valence-corrected chi connectivity index (χ3v) is 8.34. The monoisotopic (exact) mass is 486 g/mol. The molecule has 8 nitrogen and oxygen atoms in total. The van der Waals surface area contributed by atoms with Gasteiger partial charge in [0.2, 0.25) is 10.0 Å². The van der Waals surface area contributed by atoms with Crippen LogP contribution in [0, 0.1) is 0 Å². The molecule has 0 radical (unpaired) electrons. The zero-order valence-electron chi connectivity index (χ0n) is 17.5. The van der Waals surface area contributed by atoms with E-state index in [-0.39, 0.29) is 28.4 Å². The molecule has 1 atom stereocenters. The molecule has 1 saturated heterocycles. The zero-order chi connectivity index (χ0) is 23.5. The molecule has 1 heterocycles. The topological polar surface area (TPSA) is 119 Å². The molecule has 172 valence electrons. The summed E-state index contributed by atoms with van der Waals surface area (Å²) in [6.45, 7) is 0. The van der Waals surface area contributed by atoms with Crippen molar-refractivity contribution >= 4 is 31.5 Å². The first-order chi connectivity index (χ1) is 15.7. The van der Waals surface area contributed by atoms with E-state index in [1.54, 1.807) is 24.3 Å². The van der Waals surface area contributed by atoms with Crippen LogP contribution in [0.15, 0.2) is 83.8 Å². The van der Waals surface area contributed by atoms with E-state index in [1.807, 2.05) is 30.3 Å². The van der Waals surface area contributed by atoms with Gasteiger partial charge in [-0.2, -0.15) is 0 Å². The number of nitrogens with one attached hydrogen (secondary N) is 2. The second-order valence-electron chi connectivity index (χ2n) is 7.64. The summed E-state index contributed by atoms with van der Waals surface area (Å²) in [4.78, 5) is 12.6. The standard InChI is InChI=1S/C23H22N2O6S2/c26-23(24-18-9-11-21(12-10-18)31-20-6-2-1-3-7-20)17-5-4-8-22(15-17)33(29,30)25-19-13-14-32(27,28)16-19/h1-12,15,19,25H,13-14,16H2,(H,24,26). The molecule has 0 aliphatic carbocycles. The predicted molar refractivity (Wildman–Crippen MR) is 125 cm³/mol. The molecule has 4 rings (SSSR count). The number of amides is 1. The summed E-state index contributed by atoms with van der Waals surface area (Å²) in [5.41, 5.74) is 0.671. The minimum absolute atomic E-state index is 0.0438. The van der Waals surface area contributed by atoms with Gasteiger partial charge in [0, 0.05) is 17.3 Å². The van der Waals surface area contributed by atoms with Gasteiger partial charge in [-0.15, -0.1) is 0 Å². The van der Waals surface area contributed by atoms with E-state index < -0.39 is 31.8 Å². The lowest BCUT2D eigenvalue weighted by molar-refractivity contribution is 0.102. The fraction of sp³-hybridized carbons (Fsp3) is 0.174. The number of hydrogen-bond donors (Lipinski definition) is 2. The highest BCUT2D eigenvalue weighted by molar-refractivity contribution is 7.92. The zero-order valence-corrected chi connectivity index (χ0v) is 19.1. The molecular formula is C23H22N2O6S2. The number of hydrogen-bond acceptors (Lipinski definition) is 6. The molecule has 0 bridgehead atoms. The van der Waals surface area contributed by atoms with E-state index in [2.05, 4.69) is 10.0 Å². The second-order valence-corrected chi connectivity index (χ2v) is 11.6. The maximum Gasteiger partial charge on any atom is 0.255 e. The molecule has 1 aliphatic rings. The van der Waals surface area contributed by atoms with Crippen molar-refractivity contribution in [1.82, 2.24) is 4.72 Å². The van der Waals surface area contributed by atoms with Crippen LogP contribution >= 0.6 is 0 Å². The predicted octanol–water partition coefficient (Wildman–Crippen LogP) is 3.20. The van der Waals surface area contributed by atoms with E-state index in [4.69, 9.17) is 4.74 Å². The highest BCUT2D eigenvalue weighted by Gasteiger charge is 2.31. The average Bonchev–Trinajstić information content (AvgIpc) is 3.13. The van der Waals surface area contributed by atoms with Gasteiger partial charge < -0.3 is 10.1 Å². The molecule has 3 aromatic rings. The summed E-state index contributed by atoms with van der Waals surface area (Å²) in [7, 11) is -7.20. The van der Waals surface area contributed by atoms with Gasteiger partial charge in [0.15, 0.2) is 9.84 Å². The molecule has 1 aliphatic heterocycles. The fourth-order valence-electron chi connectivity index (χ4n) is 3.41. The quantitative estimate of drug-likeness (QED) is 0.529. The Kier molecular flexibility index (Phi) is 6.50. The number of ether oxygens (including phenoxy) is 1. The van der Waals surface area contributed by atoms with Gasteiger partial charge in [-0.05, 0) is 61.0 Å². The summed E-state index contributed by atoms with van der Waals surface area (Å²) >= 11 is 0. The van der Waals surface area contributed by atoms with Crippen LogP contribution in [0.5, 0.6) is 11.5 Å². The number of carbonyl (C=O) groups excluding carboxylic acids is 1. The van der Waals surface area contributed by atoms with E-state index in [1.165, 1.54) is 24.3 Å². The molecule has 33 heavy (non-hydrogen) atoms. The van der Waals surface area contributed by atoms with Crippen LogP contribution in [0.1, 0.15) is 16.8 Å². The van der Waals surface area contributed by atoms with Gasteiger partial charge in [-0.3, -0.25) is 4.79 Å². The van der Waals surface area contributed by atoms with Crippen molar-refractivity contribution in [3.05, 3.63) is 84.4 Å². The number of para-hydroxylation sites is 1. The molecule has 0 spiro atoms. The first-order valence-corrected chi connectivity index (χ1v) is 13.5. The maximum absolute atomic E-state index is 12.7. The van der Waals surface area contributed by atoms with Crippen LogP contribution in [-0.2, 0) is 19.9 Å². The minimum Gasteiger partial charge on any atom is -0.457 e. The van der Waals surface area contributed by atoms with E-state index in [9.17, 15) is 21.6 Å². The normalized spacial score (nSPS) is 17.4. The van der Waals surface area contributed by atoms with Crippen molar-refractivity contribution in [2.24, 2.45) is 0 Å². The summed E-state index contributed by atoms with van der Waals surface area (Å²) in [5.74, 6) is 0.546. The maximum atomic E-state index is 12.7. The molecule has 10 heteroatoms. The summed E-state index contributed by atoms with van der Waals surface area (Å²) in [5, 5.41) is 2.72. The van der Waals surface area contributed by atoms with Gasteiger partial charge >= 0.3 is 0 Å². The molecule has 1 amide bonds. The van der Waals surface area contributed by atoms with E-state index in [0.29, 0.717) is 17.2 Å². The Hall–Kier alpha value is -3.21.